The molecule has 5 aromatic rings. The van der Waals surface area contributed by atoms with Crippen LogP contribution in [0.4, 0.5) is 0 Å². The summed E-state index contributed by atoms with van der Waals surface area (Å²) in [7, 11) is 0. The molecule has 0 aliphatic heterocycles. The molecule has 0 spiro atoms. The lowest BCUT2D eigenvalue weighted by molar-refractivity contribution is 0.556. The molecule has 0 saturated carbocycles. The molecule has 0 nitrogen and oxygen atoms in total. The second-order valence-electron chi connectivity index (χ2n) is 9.64. The lowest BCUT2D eigenvalue weighted by atomic mass is 9.87. The van der Waals surface area contributed by atoms with Crippen LogP contribution in [-0.2, 0) is 6.42 Å². The summed E-state index contributed by atoms with van der Waals surface area (Å²) in [5.74, 6) is 0. The molecule has 0 aromatic heterocycles. The predicted molar refractivity (Wildman–Crippen MR) is 143 cm³/mol. The van der Waals surface area contributed by atoms with Gasteiger partial charge in [-0.15, -0.1) is 0 Å². The van der Waals surface area contributed by atoms with Crippen molar-refractivity contribution >= 4 is 43.1 Å². The van der Waals surface area contributed by atoms with Crippen LogP contribution in [0.3, 0.4) is 0 Å². The minimum absolute atomic E-state index is 1.20. The second-order valence-corrected chi connectivity index (χ2v) is 9.64. The molecule has 164 valence electrons. The molecule has 0 atom stereocenters. The maximum atomic E-state index is 2.40. The molecular formula is C32H36. The average molecular weight is 421 g/mol. The molecule has 0 saturated heterocycles. The molecule has 0 N–H and O–H groups in total. The van der Waals surface area contributed by atoms with Crippen LogP contribution in [-0.4, -0.2) is 0 Å². The van der Waals surface area contributed by atoms with Crippen LogP contribution in [0, 0.1) is 0 Å². The van der Waals surface area contributed by atoms with Gasteiger partial charge in [0.25, 0.3) is 0 Å². The van der Waals surface area contributed by atoms with Crippen molar-refractivity contribution in [3.8, 4) is 0 Å². The molecule has 0 heterocycles. The molecule has 0 bridgehead atoms. The Labute approximate surface area is 193 Å². The standard InChI is InChI=1S/C32H36/c1-2-3-4-5-6-7-8-9-10-11-15-24-22-23-30-28-20-13-17-25-16-12-19-27(31(25)28)29-21-14-18-26(24)32(29)30/h12-14,16-23H,2-11,15H2,1H3. The van der Waals surface area contributed by atoms with Gasteiger partial charge in [0, 0.05) is 0 Å². The SMILES string of the molecule is CCCCCCCCCCCCc1ccc2c3cccc4cccc(c5cccc1c52)c43. The van der Waals surface area contributed by atoms with Crippen LogP contribution in [0.25, 0.3) is 43.1 Å². The van der Waals surface area contributed by atoms with Crippen molar-refractivity contribution < 1.29 is 0 Å². The van der Waals surface area contributed by atoms with Crippen molar-refractivity contribution in [3.05, 3.63) is 72.3 Å². The Morgan fingerprint density at radius 3 is 1.59 bits per heavy atom. The third-order valence-electron chi connectivity index (χ3n) is 7.42. The molecule has 0 unspecified atom stereocenters. The Kier molecular flexibility index (Phi) is 6.58. The Bertz CT molecular complexity index is 1260. The van der Waals surface area contributed by atoms with Gasteiger partial charge < -0.3 is 0 Å². The highest BCUT2D eigenvalue weighted by atomic mass is 14.2. The van der Waals surface area contributed by atoms with Crippen LogP contribution in [0.1, 0.15) is 76.7 Å². The summed E-state index contributed by atoms with van der Waals surface area (Å²) in [6.45, 7) is 2.29. The number of rotatable bonds is 11. The number of hydrogen-bond acceptors (Lipinski definition) is 0. The van der Waals surface area contributed by atoms with E-state index in [1.54, 1.807) is 0 Å². The van der Waals surface area contributed by atoms with E-state index in [4.69, 9.17) is 0 Å². The molecule has 5 aromatic carbocycles. The number of hydrogen-bond donors (Lipinski definition) is 0. The third-order valence-corrected chi connectivity index (χ3v) is 7.42. The van der Waals surface area contributed by atoms with Crippen LogP contribution in [0.15, 0.2) is 66.7 Å². The highest BCUT2D eigenvalue weighted by molar-refractivity contribution is 6.33. The maximum absolute atomic E-state index is 2.40. The van der Waals surface area contributed by atoms with Crippen molar-refractivity contribution in [1.29, 1.82) is 0 Å². The van der Waals surface area contributed by atoms with Crippen molar-refractivity contribution in [1.82, 2.24) is 0 Å². The Morgan fingerprint density at radius 1 is 0.438 bits per heavy atom. The van der Waals surface area contributed by atoms with E-state index in [0.29, 0.717) is 0 Å². The minimum Gasteiger partial charge on any atom is -0.0654 e. The quantitative estimate of drug-likeness (QED) is 0.113. The molecule has 32 heavy (non-hydrogen) atoms. The molecular weight excluding hydrogens is 384 g/mol. The predicted octanol–water partition coefficient (Wildman–Crippen LogP) is 10.2. The van der Waals surface area contributed by atoms with Gasteiger partial charge in [0.15, 0.2) is 0 Å². The van der Waals surface area contributed by atoms with Crippen LogP contribution < -0.4 is 0 Å². The Balaban J connectivity index is 1.33. The Hall–Kier alpha value is -2.60. The first-order valence-corrected chi connectivity index (χ1v) is 13.0. The van der Waals surface area contributed by atoms with Gasteiger partial charge in [0.2, 0.25) is 0 Å². The largest absolute Gasteiger partial charge is 0.0654 e. The second kappa shape index (κ2) is 9.90. The van der Waals surface area contributed by atoms with Gasteiger partial charge in [0.05, 0.1) is 0 Å². The van der Waals surface area contributed by atoms with E-state index in [2.05, 4.69) is 73.7 Å². The van der Waals surface area contributed by atoms with Crippen molar-refractivity contribution in [2.75, 3.05) is 0 Å². The number of unbranched alkanes of at least 4 members (excludes halogenated alkanes) is 9. The average Bonchev–Trinajstić information content (AvgIpc) is 2.84. The minimum atomic E-state index is 1.20. The van der Waals surface area contributed by atoms with E-state index >= 15 is 0 Å². The molecule has 0 aliphatic rings. The zero-order chi connectivity index (χ0) is 21.8. The maximum Gasteiger partial charge on any atom is -0.00236 e. The normalized spacial score (nSPS) is 12.0. The van der Waals surface area contributed by atoms with E-state index < -0.39 is 0 Å². The van der Waals surface area contributed by atoms with Crippen molar-refractivity contribution in [2.24, 2.45) is 0 Å². The van der Waals surface area contributed by atoms with Gasteiger partial charge in [-0.1, -0.05) is 131 Å². The monoisotopic (exact) mass is 420 g/mol. The summed E-state index contributed by atoms with van der Waals surface area (Å²) >= 11 is 0. The Morgan fingerprint density at radius 2 is 0.938 bits per heavy atom. The number of aryl methyl sites for hydroxylation is 1. The molecule has 0 aliphatic carbocycles. The van der Waals surface area contributed by atoms with Crippen LogP contribution in [0.5, 0.6) is 0 Å². The summed E-state index contributed by atoms with van der Waals surface area (Å²) < 4.78 is 0. The molecule has 0 fully saturated rings. The topological polar surface area (TPSA) is 0 Å². The van der Waals surface area contributed by atoms with Gasteiger partial charge in [0.1, 0.15) is 0 Å². The number of benzene rings is 5. The summed E-state index contributed by atoms with van der Waals surface area (Å²) in [6.07, 6.45) is 15.2. The smallest absolute Gasteiger partial charge is 0.00236 e. The summed E-state index contributed by atoms with van der Waals surface area (Å²) in [6, 6.07) is 25.2. The van der Waals surface area contributed by atoms with Crippen LogP contribution >= 0.6 is 0 Å². The van der Waals surface area contributed by atoms with Crippen molar-refractivity contribution in [3.63, 3.8) is 0 Å². The van der Waals surface area contributed by atoms with E-state index in [9.17, 15) is 0 Å². The fourth-order valence-corrected chi connectivity index (χ4v) is 5.73. The van der Waals surface area contributed by atoms with Crippen LogP contribution in [0.2, 0.25) is 0 Å². The highest BCUT2D eigenvalue weighted by Crippen LogP contribution is 2.41. The molecule has 0 radical (unpaired) electrons. The summed E-state index contributed by atoms with van der Waals surface area (Å²) in [5, 5.41) is 11.3. The lowest BCUT2D eigenvalue weighted by Crippen LogP contribution is -1.92. The van der Waals surface area contributed by atoms with Gasteiger partial charge in [-0.05, 0) is 61.5 Å². The van der Waals surface area contributed by atoms with Crippen molar-refractivity contribution in [2.45, 2.75) is 77.6 Å². The van der Waals surface area contributed by atoms with E-state index in [1.807, 2.05) is 0 Å². The molecule has 0 amide bonds. The number of fused-ring (bicyclic) bond motifs is 2. The van der Waals surface area contributed by atoms with E-state index in [1.165, 1.54) is 119 Å². The molecule has 0 heteroatoms. The lowest BCUT2D eigenvalue weighted by Gasteiger charge is -2.16. The van der Waals surface area contributed by atoms with E-state index in [0.717, 1.165) is 0 Å². The zero-order valence-electron chi connectivity index (χ0n) is 19.6. The highest BCUT2D eigenvalue weighted by Gasteiger charge is 2.13. The van der Waals surface area contributed by atoms with E-state index in [-0.39, 0.29) is 0 Å². The fraction of sp³-hybridized carbons (Fsp3) is 0.375. The fourth-order valence-electron chi connectivity index (χ4n) is 5.73. The molecule has 5 rings (SSSR count). The first-order chi connectivity index (χ1) is 15.9. The van der Waals surface area contributed by atoms with Gasteiger partial charge in [-0.2, -0.15) is 0 Å². The van der Waals surface area contributed by atoms with Gasteiger partial charge in [-0.25, -0.2) is 0 Å². The first kappa shape index (κ1) is 21.3. The summed E-state index contributed by atoms with van der Waals surface area (Å²) in [5.41, 5.74) is 1.52. The van der Waals surface area contributed by atoms with Gasteiger partial charge in [-0.3, -0.25) is 0 Å². The zero-order valence-corrected chi connectivity index (χ0v) is 19.6. The van der Waals surface area contributed by atoms with Gasteiger partial charge >= 0.3 is 0 Å². The first-order valence-electron chi connectivity index (χ1n) is 13.0. The summed E-state index contributed by atoms with van der Waals surface area (Å²) in [4.78, 5) is 0. The third kappa shape index (κ3) is 4.08.